The maximum atomic E-state index is 12.0. The lowest BCUT2D eigenvalue weighted by molar-refractivity contribution is -0.148. The Balaban J connectivity index is 1.95. The first-order chi connectivity index (χ1) is 9.09. The Morgan fingerprint density at radius 2 is 2.16 bits per heavy atom. The second kappa shape index (κ2) is 6.06. The number of carboxylic acids is 1. The van der Waals surface area contributed by atoms with Gasteiger partial charge in [0, 0.05) is 6.54 Å². The van der Waals surface area contributed by atoms with Gasteiger partial charge < -0.3 is 14.7 Å². The number of likely N-dealkylation sites (tertiary alicyclic amines) is 1. The van der Waals surface area contributed by atoms with Gasteiger partial charge in [-0.05, 0) is 40.9 Å². The van der Waals surface area contributed by atoms with Crippen LogP contribution in [0, 0.1) is 0 Å². The number of para-hydroxylation sites is 1. The molecule has 102 valence electrons. The zero-order valence-electron chi connectivity index (χ0n) is 10.2. The molecule has 0 saturated carbocycles. The SMILES string of the molecule is O=C(O)[C@H]1CCCN1C(=O)COc1ccccc1Br. The summed E-state index contributed by atoms with van der Waals surface area (Å²) in [7, 11) is 0. The monoisotopic (exact) mass is 327 g/mol. The molecule has 0 unspecified atom stereocenters. The molecule has 19 heavy (non-hydrogen) atoms. The molecule has 1 atom stereocenters. The number of hydrogen-bond acceptors (Lipinski definition) is 3. The van der Waals surface area contributed by atoms with Crippen molar-refractivity contribution in [2.75, 3.05) is 13.2 Å². The molecule has 1 N–H and O–H groups in total. The first kappa shape index (κ1) is 13.9. The number of carbonyl (C=O) groups is 2. The molecule has 0 aliphatic carbocycles. The van der Waals surface area contributed by atoms with Crippen molar-refractivity contribution in [3.05, 3.63) is 28.7 Å². The van der Waals surface area contributed by atoms with E-state index < -0.39 is 12.0 Å². The van der Waals surface area contributed by atoms with Gasteiger partial charge in [0.05, 0.1) is 4.47 Å². The van der Waals surface area contributed by atoms with Crippen LogP contribution in [0.4, 0.5) is 0 Å². The second-order valence-electron chi connectivity index (χ2n) is 4.30. The number of carbonyl (C=O) groups excluding carboxylic acids is 1. The van der Waals surface area contributed by atoms with Gasteiger partial charge in [-0.3, -0.25) is 4.79 Å². The van der Waals surface area contributed by atoms with Gasteiger partial charge in [-0.15, -0.1) is 0 Å². The van der Waals surface area contributed by atoms with Crippen molar-refractivity contribution in [1.29, 1.82) is 0 Å². The number of ether oxygens (including phenoxy) is 1. The predicted octanol–water partition coefficient (Wildman–Crippen LogP) is 1.90. The Bertz CT molecular complexity index is 491. The van der Waals surface area contributed by atoms with Crippen LogP contribution in [0.5, 0.6) is 5.75 Å². The molecule has 0 bridgehead atoms. The third-order valence-electron chi connectivity index (χ3n) is 3.05. The molecule has 6 heteroatoms. The molecular formula is C13H14BrNO4. The first-order valence-corrected chi connectivity index (χ1v) is 6.78. The summed E-state index contributed by atoms with van der Waals surface area (Å²) in [5.74, 6) is -0.672. The fourth-order valence-corrected chi connectivity index (χ4v) is 2.51. The van der Waals surface area contributed by atoms with E-state index in [4.69, 9.17) is 9.84 Å². The average molecular weight is 328 g/mol. The molecule has 1 heterocycles. The van der Waals surface area contributed by atoms with Gasteiger partial charge in [-0.25, -0.2) is 4.79 Å². The van der Waals surface area contributed by atoms with Crippen LogP contribution in [-0.4, -0.2) is 41.1 Å². The standard InChI is InChI=1S/C13H14BrNO4/c14-9-4-1-2-6-11(9)19-8-12(16)15-7-3-5-10(15)13(17)18/h1-2,4,6,10H,3,5,7-8H2,(H,17,18)/t10-/m1/s1. The summed E-state index contributed by atoms with van der Waals surface area (Å²) in [6.07, 6.45) is 1.23. The van der Waals surface area contributed by atoms with Crippen LogP contribution in [-0.2, 0) is 9.59 Å². The van der Waals surface area contributed by atoms with E-state index in [1.165, 1.54) is 4.90 Å². The molecular weight excluding hydrogens is 314 g/mol. The maximum absolute atomic E-state index is 12.0. The summed E-state index contributed by atoms with van der Waals surface area (Å²) >= 11 is 3.32. The Hall–Kier alpha value is -1.56. The van der Waals surface area contributed by atoms with Gasteiger partial charge in [0.25, 0.3) is 5.91 Å². The highest BCUT2D eigenvalue weighted by Gasteiger charge is 2.33. The molecule has 0 spiro atoms. The topological polar surface area (TPSA) is 66.8 Å². The molecule has 0 radical (unpaired) electrons. The fourth-order valence-electron chi connectivity index (χ4n) is 2.11. The van der Waals surface area contributed by atoms with Crippen molar-refractivity contribution in [3.8, 4) is 5.75 Å². The third kappa shape index (κ3) is 3.26. The quantitative estimate of drug-likeness (QED) is 0.917. The molecule has 1 fully saturated rings. The van der Waals surface area contributed by atoms with Crippen LogP contribution < -0.4 is 4.74 Å². The Labute approximate surface area is 119 Å². The van der Waals surface area contributed by atoms with Crippen LogP contribution in [0.2, 0.25) is 0 Å². The Morgan fingerprint density at radius 1 is 1.42 bits per heavy atom. The summed E-state index contributed by atoms with van der Waals surface area (Å²) in [4.78, 5) is 24.3. The van der Waals surface area contributed by atoms with Gasteiger partial charge in [0.2, 0.25) is 0 Å². The van der Waals surface area contributed by atoms with Gasteiger partial charge in [0.15, 0.2) is 6.61 Å². The minimum atomic E-state index is -0.952. The minimum Gasteiger partial charge on any atom is -0.483 e. The average Bonchev–Trinajstić information content (AvgIpc) is 2.87. The molecule has 1 aliphatic rings. The van der Waals surface area contributed by atoms with E-state index >= 15 is 0 Å². The van der Waals surface area contributed by atoms with Crippen molar-refractivity contribution in [1.82, 2.24) is 4.90 Å². The zero-order chi connectivity index (χ0) is 13.8. The van der Waals surface area contributed by atoms with E-state index in [1.807, 2.05) is 12.1 Å². The molecule has 1 aliphatic heterocycles. The number of hydrogen-bond donors (Lipinski definition) is 1. The number of rotatable bonds is 4. The van der Waals surface area contributed by atoms with Crippen molar-refractivity contribution in [2.45, 2.75) is 18.9 Å². The van der Waals surface area contributed by atoms with Gasteiger partial charge in [0.1, 0.15) is 11.8 Å². The number of aliphatic carboxylic acids is 1. The van der Waals surface area contributed by atoms with E-state index in [2.05, 4.69) is 15.9 Å². The molecule has 1 saturated heterocycles. The maximum Gasteiger partial charge on any atom is 0.326 e. The van der Waals surface area contributed by atoms with E-state index in [0.29, 0.717) is 18.7 Å². The lowest BCUT2D eigenvalue weighted by atomic mass is 10.2. The number of nitrogens with zero attached hydrogens (tertiary/aromatic N) is 1. The third-order valence-corrected chi connectivity index (χ3v) is 3.70. The number of benzene rings is 1. The smallest absolute Gasteiger partial charge is 0.326 e. The molecule has 5 nitrogen and oxygen atoms in total. The zero-order valence-corrected chi connectivity index (χ0v) is 11.8. The first-order valence-electron chi connectivity index (χ1n) is 5.99. The number of carboxylic acid groups (broad SMARTS) is 1. The van der Waals surface area contributed by atoms with E-state index in [1.54, 1.807) is 12.1 Å². The van der Waals surface area contributed by atoms with Crippen molar-refractivity contribution in [3.63, 3.8) is 0 Å². The molecule has 1 amide bonds. The molecule has 1 aromatic carbocycles. The van der Waals surface area contributed by atoms with Crippen molar-refractivity contribution in [2.24, 2.45) is 0 Å². The highest BCUT2D eigenvalue weighted by atomic mass is 79.9. The van der Waals surface area contributed by atoms with E-state index in [9.17, 15) is 9.59 Å². The predicted molar refractivity (Wildman–Crippen MR) is 72.0 cm³/mol. The second-order valence-corrected chi connectivity index (χ2v) is 5.16. The van der Waals surface area contributed by atoms with Crippen LogP contribution in [0.3, 0.4) is 0 Å². The van der Waals surface area contributed by atoms with Crippen molar-refractivity contribution >= 4 is 27.8 Å². The minimum absolute atomic E-state index is 0.146. The van der Waals surface area contributed by atoms with E-state index in [0.717, 1.165) is 10.9 Å². The Morgan fingerprint density at radius 3 is 2.84 bits per heavy atom. The summed E-state index contributed by atoms with van der Waals surface area (Å²) in [6, 6.07) is 6.50. The molecule has 0 aromatic heterocycles. The van der Waals surface area contributed by atoms with Gasteiger partial charge in [-0.1, -0.05) is 12.1 Å². The largest absolute Gasteiger partial charge is 0.483 e. The summed E-state index contributed by atoms with van der Waals surface area (Å²) in [5.41, 5.74) is 0. The fraction of sp³-hybridized carbons (Fsp3) is 0.385. The van der Waals surface area contributed by atoms with Gasteiger partial charge in [-0.2, -0.15) is 0 Å². The molecule has 2 rings (SSSR count). The normalized spacial score (nSPS) is 18.4. The summed E-state index contributed by atoms with van der Waals surface area (Å²) in [6.45, 7) is 0.335. The van der Waals surface area contributed by atoms with Crippen LogP contribution >= 0.6 is 15.9 Å². The Kier molecular flexibility index (Phi) is 4.42. The summed E-state index contributed by atoms with van der Waals surface area (Å²) in [5, 5.41) is 9.02. The summed E-state index contributed by atoms with van der Waals surface area (Å²) < 4.78 is 6.17. The van der Waals surface area contributed by atoms with Crippen LogP contribution in [0.25, 0.3) is 0 Å². The lowest BCUT2D eigenvalue weighted by Crippen LogP contribution is -2.42. The van der Waals surface area contributed by atoms with Gasteiger partial charge >= 0.3 is 5.97 Å². The van der Waals surface area contributed by atoms with E-state index in [-0.39, 0.29) is 12.5 Å². The van der Waals surface area contributed by atoms with Crippen molar-refractivity contribution < 1.29 is 19.4 Å². The lowest BCUT2D eigenvalue weighted by Gasteiger charge is -2.21. The highest BCUT2D eigenvalue weighted by Crippen LogP contribution is 2.24. The molecule has 1 aromatic rings. The number of halogens is 1. The number of amides is 1. The highest BCUT2D eigenvalue weighted by molar-refractivity contribution is 9.10. The van der Waals surface area contributed by atoms with Crippen LogP contribution in [0.15, 0.2) is 28.7 Å². The van der Waals surface area contributed by atoms with Crippen LogP contribution in [0.1, 0.15) is 12.8 Å².